The molecule has 136 valence electrons. The number of carbonyl (C=O) groups excluding carboxylic acids is 1. The van der Waals surface area contributed by atoms with Gasteiger partial charge in [-0.25, -0.2) is 0 Å². The number of H-pyrrole nitrogens is 1. The van der Waals surface area contributed by atoms with E-state index < -0.39 is 5.92 Å². The summed E-state index contributed by atoms with van der Waals surface area (Å²) in [4.78, 5) is 28.8. The number of hydrogen-bond donors (Lipinski definition) is 1. The van der Waals surface area contributed by atoms with Crippen LogP contribution in [0.15, 0.2) is 56.8 Å². The van der Waals surface area contributed by atoms with Crippen molar-refractivity contribution in [3.63, 3.8) is 0 Å². The van der Waals surface area contributed by atoms with Gasteiger partial charge in [-0.2, -0.15) is 0 Å². The summed E-state index contributed by atoms with van der Waals surface area (Å²) in [5.41, 5.74) is 1.90. The van der Waals surface area contributed by atoms with E-state index in [0.29, 0.717) is 10.8 Å². The number of aromatic amines is 1. The first-order chi connectivity index (χ1) is 13.0. The molecule has 0 fully saturated rings. The summed E-state index contributed by atoms with van der Waals surface area (Å²) in [6, 6.07) is 13.1. The lowest BCUT2D eigenvalue weighted by Crippen LogP contribution is -2.37. The van der Waals surface area contributed by atoms with Gasteiger partial charge in [0.15, 0.2) is 0 Å². The minimum atomic E-state index is -0.420. The fraction of sp³-hybridized carbons (Fsp3) is 0.158. The van der Waals surface area contributed by atoms with Crippen LogP contribution in [0.3, 0.4) is 0 Å². The van der Waals surface area contributed by atoms with Crippen LogP contribution in [0.4, 0.5) is 0 Å². The second-order valence-electron chi connectivity index (χ2n) is 6.40. The monoisotopic (exact) mass is 479 g/mol. The average Bonchev–Trinajstić information content (AvgIpc) is 3.02. The topological polar surface area (TPSA) is 59.2 Å². The minimum Gasteiger partial charge on any atom is -0.426 e. The zero-order valence-corrected chi connectivity index (χ0v) is 17.5. The normalized spacial score (nSPS) is 23.2. The van der Waals surface area contributed by atoms with Crippen LogP contribution in [0.2, 0.25) is 5.02 Å². The number of thiazole rings is 1. The van der Waals surface area contributed by atoms with E-state index in [0.717, 1.165) is 25.5 Å². The van der Waals surface area contributed by atoms with Crippen molar-refractivity contribution in [3.05, 3.63) is 77.6 Å². The van der Waals surface area contributed by atoms with Crippen molar-refractivity contribution in [1.29, 1.82) is 0 Å². The van der Waals surface area contributed by atoms with Crippen LogP contribution >= 0.6 is 50.6 Å². The number of rotatable bonds is 1. The molecule has 1 aromatic heterocycles. The lowest BCUT2D eigenvalue weighted by Gasteiger charge is -2.39. The Hall–Kier alpha value is -1.54. The van der Waals surface area contributed by atoms with Crippen molar-refractivity contribution in [3.8, 4) is 5.75 Å². The predicted octanol–water partition coefficient (Wildman–Crippen LogP) is 5.37. The third kappa shape index (κ3) is 2.88. The van der Waals surface area contributed by atoms with Crippen LogP contribution in [0, 0.1) is 5.92 Å². The molecule has 0 radical (unpaired) electrons. The van der Waals surface area contributed by atoms with Gasteiger partial charge in [0.2, 0.25) is 0 Å². The van der Waals surface area contributed by atoms with E-state index in [-0.39, 0.29) is 22.0 Å². The summed E-state index contributed by atoms with van der Waals surface area (Å²) in [7, 11) is 0. The van der Waals surface area contributed by atoms with Crippen molar-refractivity contribution < 1.29 is 9.53 Å². The molecule has 5 rings (SSSR count). The van der Waals surface area contributed by atoms with E-state index >= 15 is 0 Å². The van der Waals surface area contributed by atoms with Gasteiger partial charge < -0.3 is 9.72 Å². The molecule has 0 bridgehead atoms. The lowest BCUT2D eigenvalue weighted by atomic mass is 9.78. The highest BCUT2D eigenvalue weighted by Crippen LogP contribution is 2.58. The largest absolute Gasteiger partial charge is 0.426 e. The smallest absolute Gasteiger partial charge is 0.316 e. The Balaban J connectivity index is 1.74. The molecule has 2 aliphatic rings. The number of carbonyl (C=O) groups is 1. The predicted molar refractivity (Wildman–Crippen MR) is 110 cm³/mol. The number of hydrogen-bond acceptors (Lipinski definition) is 5. The summed E-state index contributed by atoms with van der Waals surface area (Å²) in [5.74, 6) is -0.358. The molecule has 0 amide bonds. The number of nitrogens with one attached hydrogen (secondary N) is 1. The Bertz CT molecular complexity index is 1120. The molecule has 3 atom stereocenters. The Morgan fingerprint density at radius 2 is 1.89 bits per heavy atom. The number of aromatic nitrogens is 1. The van der Waals surface area contributed by atoms with Crippen molar-refractivity contribution in [1.82, 2.24) is 4.98 Å². The summed E-state index contributed by atoms with van der Waals surface area (Å²) in [5, 5.41) is 1.29. The molecule has 0 unspecified atom stereocenters. The highest BCUT2D eigenvalue weighted by molar-refractivity contribution is 9.10. The first-order valence-corrected chi connectivity index (χ1v) is 11.0. The minimum absolute atomic E-state index is 0.113. The standard InChI is InChI=1S/C19H11BrClNO3S2/c20-9-3-6-12-11(7-9)13-14(18(23)25-12)15(8-1-4-10(21)5-2-8)26-17-16(13)27-19(24)22-17/h1-7,13-15H,(H,22,24)/t13-,14+,15+/m0/s1. The number of halogens is 2. The molecule has 2 aromatic carbocycles. The summed E-state index contributed by atoms with van der Waals surface area (Å²) in [6.07, 6.45) is 0. The van der Waals surface area contributed by atoms with Crippen LogP contribution in [-0.4, -0.2) is 11.0 Å². The van der Waals surface area contributed by atoms with Gasteiger partial charge in [0.1, 0.15) is 5.75 Å². The van der Waals surface area contributed by atoms with Crippen LogP contribution in [0.25, 0.3) is 0 Å². The second kappa shape index (κ2) is 6.51. The molecule has 0 aliphatic carbocycles. The Morgan fingerprint density at radius 3 is 2.67 bits per heavy atom. The first kappa shape index (κ1) is 17.6. The third-order valence-corrected chi connectivity index (χ3v) is 8.06. The van der Waals surface area contributed by atoms with E-state index in [9.17, 15) is 9.59 Å². The fourth-order valence-electron chi connectivity index (χ4n) is 3.71. The maximum atomic E-state index is 13.0. The molecule has 3 aromatic rings. The van der Waals surface area contributed by atoms with Crippen LogP contribution in [-0.2, 0) is 4.79 Å². The van der Waals surface area contributed by atoms with E-state index in [1.54, 1.807) is 6.07 Å². The van der Waals surface area contributed by atoms with Gasteiger partial charge in [-0.1, -0.05) is 62.8 Å². The molecule has 1 N–H and O–H groups in total. The first-order valence-electron chi connectivity index (χ1n) is 8.17. The molecule has 3 heterocycles. The van der Waals surface area contributed by atoms with Gasteiger partial charge >= 0.3 is 10.8 Å². The highest BCUT2D eigenvalue weighted by atomic mass is 79.9. The van der Waals surface area contributed by atoms with E-state index in [4.69, 9.17) is 16.3 Å². The molecule has 0 spiro atoms. The second-order valence-corrected chi connectivity index (χ2v) is 9.92. The SMILES string of the molecule is O=C1Oc2ccc(Br)cc2[C@@H]2c3sc(=O)[nH]c3S[C@H](c3ccc(Cl)cc3)[C@H]12. The van der Waals surface area contributed by atoms with Crippen molar-refractivity contribution in [2.24, 2.45) is 5.92 Å². The maximum Gasteiger partial charge on any atom is 0.316 e. The number of ether oxygens (including phenoxy) is 1. The van der Waals surface area contributed by atoms with Gasteiger partial charge in [0, 0.05) is 25.9 Å². The van der Waals surface area contributed by atoms with E-state index in [1.165, 1.54) is 23.1 Å². The Kier molecular flexibility index (Phi) is 4.23. The van der Waals surface area contributed by atoms with Crippen molar-refractivity contribution in [2.45, 2.75) is 16.2 Å². The van der Waals surface area contributed by atoms with Crippen molar-refractivity contribution in [2.75, 3.05) is 0 Å². The molecule has 0 saturated heterocycles. The highest BCUT2D eigenvalue weighted by Gasteiger charge is 2.49. The van der Waals surface area contributed by atoms with Gasteiger partial charge in [-0.05, 0) is 35.9 Å². The summed E-state index contributed by atoms with van der Waals surface area (Å²) >= 11 is 12.2. The van der Waals surface area contributed by atoms with Gasteiger partial charge in [0.05, 0.1) is 16.2 Å². The molecule has 0 saturated carbocycles. The summed E-state index contributed by atoms with van der Waals surface area (Å²) in [6.45, 7) is 0. The third-order valence-electron chi connectivity index (χ3n) is 4.84. The average molecular weight is 481 g/mol. The number of benzene rings is 2. The lowest BCUT2D eigenvalue weighted by molar-refractivity contribution is -0.140. The maximum absolute atomic E-state index is 13.0. The molecule has 2 aliphatic heterocycles. The molecule has 4 nitrogen and oxygen atoms in total. The van der Waals surface area contributed by atoms with E-state index in [1.807, 2.05) is 36.4 Å². The number of fused-ring (bicyclic) bond motifs is 5. The van der Waals surface area contributed by atoms with Gasteiger partial charge in [0.25, 0.3) is 0 Å². The van der Waals surface area contributed by atoms with E-state index in [2.05, 4.69) is 20.9 Å². The van der Waals surface area contributed by atoms with Crippen molar-refractivity contribution >= 4 is 56.6 Å². The Labute approximate surface area is 176 Å². The fourth-order valence-corrected chi connectivity index (χ4v) is 6.80. The number of thioether (sulfide) groups is 1. The Morgan fingerprint density at radius 1 is 1.11 bits per heavy atom. The number of esters is 1. The van der Waals surface area contributed by atoms with Gasteiger partial charge in [-0.15, -0.1) is 0 Å². The van der Waals surface area contributed by atoms with Crippen LogP contribution in [0.5, 0.6) is 5.75 Å². The summed E-state index contributed by atoms with van der Waals surface area (Å²) < 4.78 is 6.58. The molecular formula is C19H11BrClNO3S2. The van der Waals surface area contributed by atoms with Crippen LogP contribution < -0.4 is 9.61 Å². The quantitative estimate of drug-likeness (QED) is 0.376. The zero-order valence-electron chi connectivity index (χ0n) is 13.6. The molecular weight excluding hydrogens is 470 g/mol. The molecule has 8 heteroatoms. The van der Waals surface area contributed by atoms with Gasteiger partial charge in [-0.3, -0.25) is 9.59 Å². The molecule has 27 heavy (non-hydrogen) atoms. The zero-order chi connectivity index (χ0) is 18.7. The van der Waals surface area contributed by atoms with Crippen LogP contribution in [0.1, 0.15) is 27.2 Å².